The summed E-state index contributed by atoms with van der Waals surface area (Å²) < 4.78 is 40.2. The first-order valence-electron chi connectivity index (χ1n) is 12.7. The Balaban J connectivity index is 1.38. The predicted octanol–water partition coefficient (Wildman–Crippen LogP) is 6.13. The number of likely N-dealkylation sites (tertiary alicyclic amines) is 1. The van der Waals surface area contributed by atoms with Crippen LogP contribution in [0.5, 0.6) is 0 Å². The van der Waals surface area contributed by atoms with Crippen LogP contribution in [-0.4, -0.2) is 39.5 Å². The lowest BCUT2D eigenvalue weighted by molar-refractivity contribution is -0.385. The summed E-state index contributed by atoms with van der Waals surface area (Å²) >= 11 is 0. The molecule has 7 nitrogen and oxygen atoms in total. The van der Waals surface area contributed by atoms with E-state index >= 15 is 0 Å². The molecule has 10 heteroatoms. The molecule has 39 heavy (non-hydrogen) atoms. The van der Waals surface area contributed by atoms with Gasteiger partial charge in [0.2, 0.25) is 0 Å². The number of benzene rings is 3. The molecule has 1 aliphatic rings. The lowest BCUT2D eigenvalue weighted by atomic mass is 9.80. The Bertz CT molecular complexity index is 1490. The van der Waals surface area contributed by atoms with Crippen LogP contribution in [0.1, 0.15) is 28.7 Å². The van der Waals surface area contributed by atoms with Gasteiger partial charge < -0.3 is 15.4 Å². The molecule has 1 atom stereocenters. The minimum atomic E-state index is -4.42. The van der Waals surface area contributed by atoms with Crippen LogP contribution >= 0.6 is 0 Å². The van der Waals surface area contributed by atoms with Crippen molar-refractivity contribution in [1.29, 1.82) is 0 Å². The predicted molar refractivity (Wildman–Crippen MR) is 143 cm³/mol. The summed E-state index contributed by atoms with van der Waals surface area (Å²) in [5.41, 5.74) is 2.29. The monoisotopic (exact) mass is 538 g/mol. The summed E-state index contributed by atoms with van der Waals surface area (Å²) in [7, 11) is 0. The molecule has 1 aromatic heterocycles. The van der Waals surface area contributed by atoms with Gasteiger partial charge >= 0.3 is 6.18 Å². The number of nitro benzene ring substituents is 1. The first-order chi connectivity index (χ1) is 18.6. The molecule has 0 aliphatic carbocycles. The van der Waals surface area contributed by atoms with E-state index in [0.29, 0.717) is 37.3 Å². The molecule has 0 bridgehead atoms. The van der Waals surface area contributed by atoms with Crippen LogP contribution in [0.15, 0.2) is 72.9 Å². The number of halogens is 3. The van der Waals surface area contributed by atoms with E-state index in [2.05, 4.69) is 33.4 Å². The van der Waals surface area contributed by atoms with E-state index in [4.69, 9.17) is 0 Å². The van der Waals surface area contributed by atoms with Crippen molar-refractivity contribution in [1.82, 2.24) is 9.88 Å². The number of alkyl halides is 3. The topological polar surface area (TPSA) is 94.4 Å². The molecule has 1 saturated heterocycles. The molecule has 1 fully saturated rings. The van der Waals surface area contributed by atoms with Gasteiger partial charge in [-0.15, -0.1) is 0 Å². The third-order valence-corrected chi connectivity index (χ3v) is 7.50. The Morgan fingerprint density at radius 3 is 2.69 bits per heavy atom. The first-order valence-corrected chi connectivity index (χ1v) is 12.7. The van der Waals surface area contributed by atoms with Crippen LogP contribution in [0.4, 0.5) is 24.5 Å². The van der Waals surface area contributed by atoms with E-state index in [-0.39, 0.29) is 11.3 Å². The van der Waals surface area contributed by atoms with E-state index in [1.807, 2.05) is 12.3 Å². The smallest absolute Gasteiger partial charge is 0.391 e. The lowest BCUT2D eigenvalue weighted by Crippen LogP contribution is -2.35. The summed E-state index contributed by atoms with van der Waals surface area (Å²) in [6.07, 6.45) is -1.36. The fourth-order valence-corrected chi connectivity index (χ4v) is 5.52. The molecule has 1 aliphatic heterocycles. The van der Waals surface area contributed by atoms with Crippen molar-refractivity contribution in [3.8, 4) is 0 Å². The van der Waals surface area contributed by atoms with Crippen LogP contribution in [0.25, 0.3) is 10.9 Å². The van der Waals surface area contributed by atoms with Crippen LogP contribution in [0.2, 0.25) is 0 Å². The molecule has 0 amide bonds. The zero-order valence-electron chi connectivity index (χ0n) is 21.2. The molecule has 204 valence electrons. The third-order valence-electron chi connectivity index (χ3n) is 7.50. The second kappa shape index (κ2) is 10.7. The fourth-order valence-electron chi connectivity index (χ4n) is 5.52. The van der Waals surface area contributed by atoms with Crippen molar-refractivity contribution >= 4 is 22.3 Å². The Hall–Kier alpha value is -3.89. The molecule has 1 unspecified atom stereocenters. The highest BCUT2D eigenvalue weighted by atomic mass is 19.4. The number of H-pyrrole nitrogens is 1. The summed E-state index contributed by atoms with van der Waals surface area (Å²) in [6, 6.07) is 18.3. The van der Waals surface area contributed by atoms with E-state index in [0.717, 1.165) is 35.5 Å². The summed E-state index contributed by atoms with van der Waals surface area (Å²) in [5, 5.41) is 25.3. The van der Waals surface area contributed by atoms with Crippen molar-refractivity contribution in [2.24, 2.45) is 5.41 Å². The number of aromatic amines is 1. The molecule has 0 radical (unpaired) electrons. The van der Waals surface area contributed by atoms with Gasteiger partial charge in [-0.3, -0.25) is 15.0 Å². The Morgan fingerprint density at radius 1 is 1.08 bits per heavy atom. The Morgan fingerprint density at radius 2 is 1.92 bits per heavy atom. The highest BCUT2D eigenvalue weighted by molar-refractivity contribution is 5.79. The number of nitro groups is 1. The minimum absolute atomic E-state index is 0.179. The number of anilines is 1. The van der Waals surface area contributed by atoms with E-state index < -0.39 is 28.7 Å². The molecular weight excluding hydrogens is 509 g/mol. The van der Waals surface area contributed by atoms with Crippen LogP contribution in [-0.2, 0) is 25.7 Å². The van der Waals surface area contributed by atoms with Crippen LogP contribution < -0.4 is 5.32 Å². The fraction of sp³-hybridized carbons (Fsp3) is 0.310. The zero-order valence-corrected chi connectivity index (χ0v) is 21.2. The second-order valence-electron chi connectivity index (χ2n) is 10.3. The van der Waals surface area contributed by atoms with Gasteiger partial charge in [0, 0.05) is 48.5 Å². The summed E-state index contributed by atoms with van der Waals surface area (Å²) in [6.45, 7) is 2.10. The molecule has 4 aromatic rings. The number of nitrogens with one attached hydrogen (secondary N) is 2. The van der Waals surface area contributed by atoms with Gasteiger partial charge in [-0.2, -0.15) is 13.2 Å². The van der Waals surface area contributed by atoms with Crippen LogP contribution in [0.3, 0.4) is 0 Å². The average molecular weight is 539 g/mol. The maximum atomic E-state index is 13.4. The third kappa shape index (κ3) is 6.07. The zero-order chi connectivity index (χ0) is 27.6. The lowest BCUT2D eigenvalue weighted by Gasteiger charge is -2.31. The molecular formula is C29H29F3N4O3. The van der Waals surface area contributed by atoms with Crippen molar-refractivity contribution in [3.05, 3.63) is 105 Å². The first kappa shape index (κ1) is 26.7. The molecule has 0 spiro atoms. The number of aliphatic hydroxyl groups is 1. The molecule has 0 saturated carbocycles. The van der Waals surface area contributed by atoms with E-state index in [1.165, 1.54) is 24.3 Å². The number of rotatable bonds is 9. The summed E-state index contributed by atoms with van der Waals surface area (Å²) in [5.74, 6) is 0. The largest absolute Gasteiger partial charge is 0.416 e. The van der Waals surface area contributed by atoms with Gasteiger partial charge in [0.1, 0.15) is 0 Å². The van der Waals surface area contributed by atoms with Crippen molar-refractivity contribution in [2.75, 3.05) is 25.0 Å². The van der Waals surface area contributed by atoms with Crippen molar-refractivity contribution in [3.63, 3.8) is 0 Å². The molecule has 3 aromatic carbocycles. The quantitative estimate of drug-likeness (QED) is 0.176. The number of hydrogen-bond acceptors (Lipinski definition) is 5. The van der Waals surface area contributed by atoms with E-state index in [9.17, 15) is 28.4 Å². The number of aromatic nitrogens is 1. The Labute approximate surface area is 223 Å². The second-order valence-corrected chi connectivity index (χ2v) is 10.3. The normalized spacial score (nSPS) is 18.1. The average Bonchev–Trinajstić information content (AvgIpc) is 3.54. The van der Waals surface area contributed by atoms with Gasteiger partial charge in [-0.1, -0.05) is 30.3 Å². The SMILES string of the molecule is O=[N+]([O-])c1cc(NCC2(Cc3cccc(C(F)(F)F)c3)CCN(Cc3ccc4cc[nH]c4c3)C2)ccc1CO. The van der Waals surface area contributed by atoms with Gasteiger partial charge in [0.15, 0.2) is 0 Å². The van der Waals surface area contributed by atoms with E-state index in [1.54, 1.807) is 12.1 Å². The standard InChI is InChI=1S/C29H29F3N4O3/c30-29(31,32)24-3-1-2-20(12-24)15-28(18-34-25-7-6-23(17-37)27(14-25)36(38)39)9-11-35(19-28)16-21-4-5-22-8-10-33-26(22)13-21/h1-8,10,12-14,33-34,37H,9,11,15-19H2. The number of nitrogens with zero attached hydrogens (tertiary/aromatic N) is 2. The maximum Gasteiger partial charge on any atom is 0.416 e. The highest BCUT2D eigenvalue weighted by Gasteiger charge is 2.39. The summed E-state index contributed by atoms with van der Waals surface area (Å²) in [4.78, 5) is 16.5. The molecule has 2 heterocycles. The molecule has 5 rings (SSSR count). The maximum absolute atomic E-state index is 13.4. The minimum Gasteiger partial charge on any atom is -0.391 e. The highest BCUT2D eigenvalue weighted by Crippen LogP contribution is 2.38. The number of aliphatic hydroxyl groups excluding tert-OH is 1. The van der Waals surface area contributed by atoms with Crippen molar-refractivity contribution < 1.29 is 23.2 Å². The number of hydrogen-bond donors (Lipinski definition) is 3. The van der Waals surface area contributed by atoms with Crippen molar-refractivity contribution in [2.45, 2.75) is 32.2 Å². The number of fused-ring (bicyclic) bond motifs is 1. The van der Waals surface area contributed by atoms with Gasteiger partial charge in [0.05, 0.1) is 22.7 Å². The Kier molecular flexibility index (Phi) is 7.33. The van der Waals surface area contributed by atoms with Gasteiger partial charge in [0.25, 0.3) is 5.69 Å². The molecule has 3 N–H and O–H groups in total. The van der Waals surface area contributed by atoms with Gasteiger partial charge in [-0.05, 0) is 66.2 Å². The van der Waals surface area contributed by atoms with Gasteiger partial charge in [-0.25, -0.2) is 0 Å². The van der Waals surface area contributed by atoms with Crippen LogP contribution in [0, 0.1) is 15.5 Å².